The van der Waals surface area contributed by atoms with Gasteiger partial charge < -0.3 is 10.5 Å². The van der Waals surface area contributed by atoms with Crippen LogP contribution in [0.25, 0.3) is 0 Å². The number of benzene rings is 2. The summed E-state index contributed by atoms with van der Waals surface area (Å²) in [5.74, 6) is 0.632. The molecular formula is C18H20FNO. The predicted octanol–water partition coefficient (Wildman–Crippen LogP) is 4.17. The smallest absolute Gasteiger partial charge is 0.130 e. The molecule has 1 fully saturated rings. The van der Waals surface area contributed by atoms with E-state index in [2.05, 4.69) is 0 Å². The van der Waals surface area contributed by atoms with Crippen molar-refractivity contribution in [3.05, 3.63) is 65.5 Å². The molecule has 0 saturated heterocycles. The summed E-state index contributed by atoms with van der Waals surface area (Å²) in [6, 6.07) is 15.2. The van der Waals surface area contributed by atoms with E-state index in [-0.39, 0.29) is 23.9 Å². The van der Waals surface area contributed by atoms with Crippen LogP contribution in [0.4, 0.5) is 4.39 Å². The normalized spacial score (nSPS) is 22.4. The van der Waals surface area contributed by atoms with Gasteiger partial charge in [-0.05, 0) is 43.4 Å². The Balaban J connectivity index is 1.84. The zero-order valence-corrected chi connectivity index (χ0v) is 12.1. The van der Waals surface area contributed by atoms with Gasteiger partial charge >= 0.3 is 0 Å². The highest BCUT2D eigenvalue weighted by atomic mass is 19.1. The third-order valence-corrected chi connectivity index (χ3v) is 4.17. The Kier molecular flexibility index (Phi) is 3.93. The Morgan fingerprint density at radius 1 is 1.10 bits per heavy atom. The minimum atomic E-state index is -0.190. The average Bonchev–Trinajstić information content (AvgIpc) is 2.46. The first-order chi connectivity index (χ1) is 10.1. The van der Waals surface area contributed by atoms with Gasteiger partial charge in [-0.2, -0.15) is 0 Å². The van der Waals surface area contributed by atoms with Gasteiger partial charge in [0.2, 0.25) is 0 Å². The second-order valence-corrected chi connectivity index (χ2v) is 5.75. The zero-order valence-electron chi connectivity index (χ0n) is 12.1. The van der Waals surface area contributed by atoms with Crippen molar-refractivity contribution in [3.63, 3.8) is 0 Å². The maximum Gasteiger partial charge on any atom is 0.130 e. The van der Waals surface area contributed by atoms with Gasteiger partial charge in [-0.1, -0.05) is 36.4 Å². The van der Waals surface area contributed by atoms with E-state index in [0.29, 0.717) is 11.3 Å². The van der Waals surface area contributed by atoms with Gasteiger partial charge in [-0.3, -0.25) is 0 Å². The molecule has 2 aromatic rings. The summed E-state index contributed by atoms with van der Waals surface area (Å²) in [5, 5.41) is 0. The molecule has 1 aliphatic carbocycles. The quantitative estimate of drug-likeness (QED) is 0.915. The van der Waals surface area contributed by atoms with Crippen LogP contribution in [0.3, 0.4) is 0 Å². The minimum Gasteiger partial charge on any atom is -0.486 e. The van der Waals surface area contributed by atoms with E-state index in [9.17, 15) is 4.39 Å². The fourth-order valence-corrected chi connectivity index (χ4v) is 2.90. The Labute approximate surface area is 124 Å². The van der Waals surface area contributed by atoms with Crippen LogP contribution in [0.2, 0.25) is 0 Å². The number of nitrogens with two attached hydrogens (primary N) is 1. The van der Waals surface area contributed by atoms with Crippen LogP contribution in [0, 0.1) is 5.82 Å². The fraction of sp³-hybridized carbons (Fsp3) is 0.333. The summed E-state index contributed by atoms with van der Waals surface area (Å²) < 4.78 is 20.2. The molecule has 0 heterocycles. The lowest BCUT2D eigenvalue weighted by atomic mass is 9.76. The van der Waals surface area contributed by atoms with Crippen molar-refractivity contribution in [2.24, 2.45) is 5.73 Å². The molecule has 0 aliphatic heterocycles. The van der Waals surface area contributed by atoms with Crippen LogP contribution in [0.15, 0.2) is 48.5 Å². The lowest BCUT2D eigenvalue weighted by molar-refractivity contribution is 0.216. The largest absolute Gasteiger partial charge is 0.486 e. The molecular weight excluding hydrogens is 265 g/mol. The van der Waals surface area contributed by atoms with E-state index >= 15 is 0 Å². The molecule has 2 nitrogen and oxygen atoms in total. The van der Waals surface area contributed by atoms with E-state index in [1.807, 2.05) is 43.3 Å². The summed E-state index contributed by atoms with van der Waals surface area (Å²) in [5.41, 5.74) is 7.60. The van der Waals surface area contributed by atoms with E-state index in [0.717, 1.165) is 18.4 Å². The van der Waals surface area contributed by atoms with Gasteiger partial charge in [0, 0.05) is 11.6 Å². The van der Waals surface area contributed by atoms with Gasteiger partial charge in [0.1, 0.15) is 17.7 Å². The maximum atomic E-state index is 14.2. The number of halogens is 1. The van der Waals surface area contributed by atoms with Crippen LogP contribution in [0.5, 0.6) is 5.75 Å². The average molecular weight is 285 g/mol. The summed E-state index contributed by atoms with van der Waals surface area (Å²) in [4.78, 5) is 0. The first-order valence-electron chi connectivity index (χ1n) is 7.40. The molecule has 0 aromatic heterocycles. The van der Waals surface area contributed by atoms with Crippen molar-refractivity contribution in [1.82, 2.24) is 0 Å². The Morgan fingerprint density at radius 3 is 2.48 bits per heavy atom. The zero-order chi connectivity index (χ0) is 14.8. The Morgan fingerprint density at radius 2 is 1.81 bits per heavy atom. The molecule has 1 atom stereocenters. The standard InChI is InChI=1S/C18H20FNO/c1-12(13-6-3-2-4-7-13)21-17-9-5-8-16(19)18(17)14-10-15(20)11-14/h2-9,12,14-15H,10-11,20H2,1H3. The van der Waals surface area contributed by atoms with Crippen LogP contribution in [0.1, 0.15) is 42.9 Å². The monoisotopic (exact) mass is 285 g/mol. The fourth-order valence-electron chi connectivity index (χ4n) is 2.90. The maximum absolute atomic E-state index is 14.2. The lowest BCUT2D eigenvalue weighted by Crippen LogP contribution is -2.35. The van der Waals surface area contributed by atoms with E-state index in [1.165, 1.54) is 6.07 Å². The van der Waals surface area contributed by atoms with Crippen molar-refractivity contribution >= 4 is 0 Å². The number of hydrogen-bond acceptors (Lipinski definition) is 2. The third-order valence-electron chi connectivity index (χ3n) is 4.17. The van der Waals surface area contributed by atoms with Crippen molar-refractivity contribution in [2.75, 3.05) is 0 Å². The molecule has 2 N–H and O–H groups in total. The Hall–Kier alpha value is -1.87. The van der Waals surface area contributed by atoms with Crippen LogP contribution in [-0.2, 0) is 0 Å². The minimum absolute atomic E-state index is 0.111. The molecule has 1 unspecified atom stereocenters. The molecule has 0 bridgehead atoms. The van der Waals surface area contributed by atoms with Crippen LogP contribution < -0.4 is 10.5 Å². The molecule has 1 aliphatic rings. The van der Waals surface area contributed by atoms with Gasteiger partial charge in [-0.15, -0.1) is 0 Å². The van der Waals surface area contributed by atoms with E-state index < -0.39 is 0 Å². The molecule has 3 rings (SSSR count). The van der Waals surface area contributed by atoms with Crippen molar-refractivity contribution < 1.29 is 9.13 Å². The van der Waals surface area contributed by atoms with Gasteiger partial charge in [0.15, 0.2) is 0 Å². The molecule has 110 valence electrons. The summed E-state index contributed by atoms with van der Waals surface area (Å²) in [6.07, 6.45) is 1.55. The van der Waals surface area contributed by atoms with Crippen molar-refractivity contribution in [1.29, 1.82) is 0 Å². The highest BCUT2D eigenvalue weighted by molar-refractivity contribution is 5.39. The van der Waals surface area contributed by atoms with E-state index in [1.54, 1.807) is 6.07 Å². The van der Waals surface area contributed by atoms with Gasteiger partial charge in [0.05, 0.1) is 0 Å². The number of ether oxygens (including phenoxy) is 1. The van der Waals surface area contributed by atoms with Crippen molar-refractivity contribution in [3.8, 4) is 5.75 Å². The molecule has 0 spiro atoms. The molecule has 2 aromatic carbocycles. The van der Waals surface area contributed by atoms with Gasteiger partial charge in [-0.25, -0.2) is 4.39 Å². The van der Waals surface area contributed by atoms with Gasteiger partial charge in [0.25, 0.3) is 0 Å². The van der Waals surface area contributed by atoms with Crippen molar-refractivity contribution in [2.45, 2.75) is 37.8 Å². The molecule has 0 amide bonds. The highest BCUT2D eigenvalue weighted by Gasteiger charge is 2.32. The third kappa shape index (κ3) is 2.93. The second kappa shape index (κ2) is 5.86. The lowest BCUT2D eigenvalue weighted by Gasteiger charge is -2.34. The topological polar surface area (TPSA) is 35.2 Å². The SMILES string of the molecule is CC(Oc1cccc(F)c1C1CC(N)C1)c1ccccc1. The van der Waals surface area contributed by atoms with Crippen LogP contribution >= 0.6 is 0 Å². The summed E-state index contributed by atoms with van der Waals surface area (Å²) in [7, 11) is 0. The molecule has 0 radical (unpaired) electrons. The molecule has 3 heteroatoms. The summed E-state index contributed by atoms with van der Waals surface area (Å²) >= 11 is 0. The first kappa shape index (κ1) is 14.1. The molecule has 21 heavy (non-hydrogen) atoms. The highest BCUT2D eigenvalue weighted by Crippen LogP contribution is 2.42. The Bertz CT molecular complexity index is 608. The molecule has 1 saturated carbocycles. The predicted molar refractivity (Wildman–Crippen MR) is 81.8 cm³/mol. The van der Waals surface area contributed by atoms with E-state index in [4.69, 9.17) is 10.5 Å². The number of rotatable bonds is 4. The number of hydrogen-bond donors (Lipinski definition) is 1. The first-order valence-corrected chi connectivity index (χ1v) is 7.40. The van der Waals surface area contributed by atoms with Crippen LogP contribution in [-0.4, -0.2) is 6.04 Å². The second-order valence-electron chi connectivity index (χ2n) is 5.75. The summed E-state index contributed by atoms with van der Waals surface area (Å²) in [6.45, 7) is 1.98.